The van der Waals surface area contributed by atoms with Crippen molar-refractivity contribution in [3.05, 3.63) is 35.7 Å². The standard InChI is InChI=1S/C10H7F5N4/c1-16-8-6(11)2-7(12)9(18-8)19-4-5(3-17-19)10(13,14)15/h2-4H,1H3,(H,16,18). The lowest BCUT2D eigenvalue weighted by Crippen LogP contribution is -2.07. The van der Waals surface area contributed by atoms with Gasteiger partial charge in [0.1, 0.15) is 0 Å². The Balaban J connectivity index is 2.50. The molecule has 0 fully saturated rings. The van der Waals surface area contributed by atoms with Crippen molar-refractivity contribution in [2.75, 3.05) is 12.4 Å². The molecule has 0 amide bonds. The number of rotatable bonds is 2. The van der Waals surface area contributed by atoms with Gasteiger partial charge in [-0.1, -0.05) is 0 Å². The Labute approximate surface area is 103 Å². The van der Waals surface area contributed by atoms with Crippen LogP contribution in [-0.2, 0) is 6.18 Å². The van der Waals surface area contributed by atoms with E-state index in [1.54, 1.807) is 0 Å². The quantitative estimate of drug-likeness (QED) is 0.859. The summed E-state index contributed by atoms with van der Waals surface area (Å²) in [5.74, 6) is -2.89. The van der Waals surface area contributed by atoms with Crippen molar-refractivity contribution < 1.29 is 22.0 Å². The molecule has 19 heavy (non-hydrogen) atoms. The molecule has 2 aromatic heterocycles. The fourth-order valence-electron chi connectivity index (χ4n) is 1.38. The second-order valence-electron chi connectivity index (χ2n) is 3.55. The summed E-state index contributed by atoms with van der Waals surface area (Å²) < 4.78 is 64.4. The van der Waals surface area contributed by atoms with E-state index in [9.17, 15) is 22.0 Å². The first kappa shape index (κ1) is 13.2. The molecule has 0 saturated heterocycles. The summed E-state index contributed by atoms with van der Waals surface area (Å²) in [4.78, 5) is 3.53. The third-order valence-electron chi connectivity index (χ3n) is 2.27. The van der Waals surface area contributed by atoms with E-state index in [1.165, 1.54) is 7.05 Å². The van der Waals surface area contributed by atoms with Gasteiger partial charge in [0, 0.05) is 19.3 Å². The number of anilines is 1. The molecule has 4 nitrogen and oxygen atoms in total. The van der Waals surface area contributed by atoms with Crippen LogP contribution in [-0.4, -0.2) is 21.8 Å². The lowest BCUT2D eigenvalue weighted by molar-refractivity contribution is -0.137. The predicted molar refractivity (Wildman–Crippen MR) is 55.8 cm³/mol. The maximum atomic E-state index is 13.5. The van der Waals surface area contributed by atoms with Crippen molar-refractivity contribution in [1.82, 2.24) is 14.8 Å². The molecule has 0 aliphatic rings. The van der Waals surface area contributed by atoms with E-state index in [0.717, 1.165) is 0 Å². The SMILES string of the molecule is CNc1nc(-n2cc(C(F)(F)F)cn2)c(F)cc1F. The van der Waals surface area contributed by atoms with Gasteiger partial charge in [0.25, 0.3) is 0 Å². The van der Waals surface area contributed by atoms with Crippen LogP contribution in [0.25, 0.3) is 5.82 Å². The Morgan fingerprint density at radius 1 is 1.21 bits per heavy atom. The smallest absolute Gasteiger partial charge is 0.371 e. The number of hydrogen-bond acceptors (Lipinski definition) is 3. The third kappa shape index (κ3) is 2.49. The average Bonchev–Trinajstić information content (AvgIpc) is 2.78. The number of halogens is 5. The van der Waals surface area contributed by atoms with Gasteiger partial charge < -0.3 is 5.32 Å². The van der Waals surface area contributed by atoms with Gasteiger partial charge in [-0.3, -0.25) is 0 Å². The van der Waals surface area contributed by atoms with Crippen LogP contribution in [0.4, 0.5) is 27.8 Å². The molecule has 0 unspecified atom stereocenters. The Hall–Kier alpha value is -2.19. The molecule has 0 saturated carbocycles. The fraction of sp³-hybridized carbons (Fsp3) is 0.200. The maximum Gasteiger partial charge on any atom is 0.419 e. The first-order chi connectivity index (χ1) is 8.82. The second kappa shape index (κ2) is 4.48. The first-order valence-corrected chi connectivity index (χ1v) is 4.99. The first-order valence-electron chi connectivity index (χ1n) is 4.99. The Morgan fingerprint density at radius 2 is 1.89 bits per heavy atom. The maximum absolute atomic E-state index is 13.5. The van der Waals surface area contributed by atoms with Crippen LogP contribution in [0.15, 0.2) is 18.5 Å². The topological polar surface area (TPSA) is 42.7 Å². The van der Waals surface area contributed by atoms with Crippen molar-refractivity contribution in [2.24, 2.45) is 0 Å². The number of hydrogen-bond donors (Lipinski definition) is 1. The van der Waals surface area contributed by atoms with E-state index in [2.05, 4.69) is 15.4 Å². The molecule has 102 valence electrons. The number of nitrogens with one attached hydrogen (secondary N) is 1. The number of nitrogens with zero attached hydrogens (tertiary/aromatic N) is 3. The predicted octanol–water partition coefficient (Wildman–Crippen LogP) is 2.61. The molecule has 0 aliphatic carbocycles. The Morgan fingerprint density at radius 3 is 2.42 bits per heavy atom. The Bertz CT molecular complexity index is 604. The molecule has 0 aliphatic heterocycles. The lowest BCUT2D eigenvalue weighted by atomic mass is 10.3. The van der Waals surface area contributed by atoms with E-state index in [1.807, 2.05) is 0 Å². The molecule has 0 radical (unpaired) electrons. The highest BCUT2D eigenvalue weighted by Crippen LogP contribution is 2.29. The average molecular weight is 278 g/mol. The summed E-state index contributed by atoms with van der Waals surface area (Å²) in [7, 11) is 1.34. The van der Waals surface area contributed by atoms with Crippen molar-refractivity contribution in [1.29, 1.82) is 0 Å². The summed E-state index contributed by atoms with van der Waals surface area (Å²) in [5.41, 5.74) is -1.05. The van der Waals surface area contributed by atoms with E-state index in [4.69, 9.17) is 0 Å². The van der Waals surface area contributed by atoms with Gasteiger partial charge in [0.05, 0.1) is 11.8 Å². The number of pyridine rings is 1. The molecule has 1 N–H and O–H groups in total. The molecule has 0 spiro atoms. The van der Waals surface area contributed by atoms with Gasteiger partial charge in [-0.15, -0.1) is 0 Å². The van der Waals surface area contributed by atoms with E-state index in [-0.39, 0.29) is 5.82 Å². The van der Waals surface area contributed by atoms with Gasteiger partial charge in [0.2, 0.25) is 0 Å². The van der Waals surface area contributed by atoms with Gasteiger partial charge in [-0.25, -0.2) is 18.4 Å². The number of alkyl halides is 3. The van der Waals surface area contributed by atoms with Gasteiger partial charge >= 0.3 is 6.18 Å². The molecule has 2 rings (SSSR count). The van der Waals surface area contributed by atoms with E-state index in [0.29, 0.717) is 23.1 Å². The van der Waals surface area contributed by atoms with E-state index < -0.39 is 29.2 Å². The van der Waals surface area contributed by atoms with Crippen LogP contribution in [0.1, 0.15) is 5.56 Å². The molecule has 2 heterocycles. The minimum Gasteiger partial charge on any atom is -0.371 e. The molecular weight excluding hydrogens is 271 g/mol. The highest BCUT2D eigenvalue weighted by Gasteiger charge is 2.32. The minimum atomic E-state index is -4.60. The van der Waals surface area contributed by atoms with Crippen molar-refractivity contribution in [3.8, 4) is 5.82 Å². The summed E-state index contributed by atoms with van der Waals surface area (Å²) in [5, 5.41) is 5.72. The summed E-state index contributed by atoms with van der Waals surface area (Å²) in [6.45, 7) is 0. The molecule has 0 bridgehead atoms. The molecular formula is C10H7F5N4. The van der Waals surface area contributed by atoms with E-state index >= 15 is 0 Å². The number of aromatic nitrogens is 3. The highest BCUT2D eigenvalue weighted by atomic mass is 19.4. The van der Waals surface area contributed by atoms with Crippen molar-refractivity contribution >= 4 is 5.82 Å². The zero-order chi connectivity index (χ0) is 14.2. The summed E-state index contributed by atoms with van der Waals surface area (Å²) in [6, 6.07) is 0.517. The summed E-state index contributed by atoms with van der Waals surface area (Å²) >= 11 is 0. The molecule has 0 aromatic carbocycles. The second-order valence-corrected chi connectivity index (χ2v) is 3.55. The van der Waals surface area contributed by atoms with Crippen LogP contribution >= 0.6 is 0 Å². The van der Waals surface area contributed by atoms with Crippen LogP contribution < -0.4 is 5.32 Å². The Kier molecular flexibility index (Phi) is 3.13. The third-order valence-corrected chi connectivity index (χ3v) is 2.27. The molecule has 9 heteroatoms. The lowest BCUT2D eigenvalue weighted by Gasteiger charge is -2.06. The largest absolute Gasteiger partial charge is 0.419 e. The summed E-state index contributed by atoms with van der Waals surface area (Å²) in [6.07, 6.45) is -3.49. The van der Waals surface area contributed by atoms with Crippen LogP contribution in [0.2, 0.25) is 0 Å². The normalized spacial score (nSPS) is 11.7. The van der Waals surface area contributed by atoms with Crippen LogP contribution in [0, 0.1) is 11.6 Å². The van der Waals surface area contributed by atoms with Crippen LogP contribution in [0.5, 0.6) is 0 Å². The zero-order valence-corrected chi connectivity index (χ0v) is 9.46. The van der Waals surface area contributed by atoms with Gasteiger partial charge in [-0.2, -0.15) is 18.3 Å². The highest BCUT2D eigenvalue weighted by molar-refractivity contribution is 5.41. The molecule has 2 aromatic rings. The van der Waals surface area contributed by atoms with Gasteiger partial charge in [-0.05, 0) is 0 Å². The van der Waals surface area contributed by atoms with Crippen LogP contribution in [0.3, 0.4) is 0 Å². The zero-order valence-electron chi connectivity index (χ0n) is 9.46. The van der Waals surface area contributed by atoms with Gasteiger partial charge in [0.15, 0.2) is 23.3 Å². The minimum absolute atomic E-state index is 0.291. The van der Waals surface area contributed by atoms with Crippen molar-refractivity contribution in [2.45, 2.75) is 6.18 Å². The molecule has 0 atom stereocenters. The monoisotopic (exact) mass is 278 g/mol. The van der Waals surface area contributed by atoms with Crippen molar-refractivity contribution in [3.63, 3.8) is 0 Å². The fourth-order valence-corrected chi connectivity index (χ4v) is 1.38.